The highest BCUT2D eigenvalue weighted by atomic mass is 35.5. The third-order valence-electron chi connectivity index (χ3n) is 5.47. The number of amides is 2. The van der Waals surface area contributed by atoms with E-state index in [4.69, 9.17) is 11.6 Å². The maximum atomic E-state index is 13.3. The zero-order chi connectivity index (χ0) is 17.9. The molecule has 0 bridgehead atoms. The van der Waals surface area contributed by atoms with Crippen LogP contribution in [0, 0.1) is 0 Å². The smallest absolute Gasteiger partial charge is 0.261 e. The fraction of sp³-hybridized carbons (Fsp3) is 0.200. The van der Waals surface area contributed by atoms with Crippen LogP contribution in [0.4, 0.5) is 5.69 Å². The summed E-state index contributed by atoms with van der Waals surface area (Å²) in [5, 5.41) is 4.05. The van der Waals surface area contributed by atoms with Crippen molar-refractivity contribution in [2.45, 2.75) is 12.0 Å². The van der Waals surface area contributed by atoms with Gasteiger partial charge in [0.2, 0.25) is 5.91 Å². The molecule has 0 unspecified atom stereocenters. The second kappa shape index (κ2) is 5.35. The topological polar surface area (TPSA) is 65.2 Å². The number of aromatic amines is 1. The molecule has 0 saturated heterocycles. The summed E-state index contributed by atoms with van der Waals surface area (Å²) < 4.78 is 0. The number of halogens is 1. The van der Waals surface area contributed by atoms with Crippen molar-refractivity contribution in [2.24, 2.45) is 0 Å². The van der Waals surface area contributed by atoms with Gasteiger partial charge in [0.15, 0.2) is 5.54 Å². The number of alkyl halides is 1. The predicted octanol–water partition coefficient (Wildman–Crippen LogP) is 2.99. The molecule has 0 fully saturated rings. The number of anilines is 1. The number of fused-ring (bicyclic) bond motifs is 6. The lowest BCUT2D eigenvalue weighted by molar-refractivity contribution is -0.142. The summed E-state index contributed by atoms with van der Waals surface area (Å²) in [5.41, 5.74) is 3.15. The molecule has 5 nitrogen and oxygen atoms in total. The number of carbonyl (C=O) groups is 2. The molecule has 2 amide bonds. The first kappa shape index (κ1) is 15.5. The van der Waals surface area contributed by atoms with Crippen LogP contribution in [0.25, 0.3) is 10.9 Å². The van der Waals surface area contributed by atoms with Crippen molar-refractivity contribution in [1.29, 1.82) is 0 Å². The second-order valence-corrected chi connectivity index (χ2v) is 6.93. The highest BCUT2D eigenvalue weighted by molar-refractivity contribution is 6.27. The van der Waals surface area contributed by atoms with Gasteiger partial charge in [-0.15, -0.1) is 11.6 Å². The van der Waals surface area contributed by atoms with E-state index in [-0.39, 0.29) is 17.7 Å². The Morgan fingerprint density at radius 1 is 1.15 bits per heavy atom. The van der Waals surface area contributed by atoms with E-state index in [0.29, 0.717) is 13.0 Å². The van der Waals surface area contributed by atoms with Crippen LogP contribution in [-0.4, -0.2) is 34.1 Å². The van der Waals surface area contributed by atoms with Crippen molar-refractivity contribution >= 4 is 40.0 Å². The van der Waals surface area contributed by atoms with Crippen molar-refractivity contribution in [3.05, 3.63) is 65.4 Å². The minimum Gasteiger partial charge on any atom is -0.355 e. The Morgan fingerprint density at radius 3 is 2.77 bits per heavy atom. The molecular formula is C20H16ClN3O2. The Kier molecular flexibility index (Phi) is 3.18. The number of rotatable bonds is 1. The number of aromatic nitrogens is 1. The van der Waals surface area contributed by atoms with Crippen molar-refractivity contribution in [2.75, 3.05) is 17.7 Å². The molecule has 0 radical (unpaired) electrons. The molecule has 1 spiro atoms. The first-order chi connectivity index (χ1) is 12.7. The Morgan fingerprint density at radius 2 is 1.92 bits per heavy atom. The van der Waals surface area contributed by atoms with Gasteiger partial charge in [-0.05, 0) is 24.1 Å². The van der Waals surface area contributed by atoms with Gasteiger partial charge in [-0.2, -0.15) is 0 Å². The van der Waals surface area contributed by atoms with Gasteiger partial charge in [-0.1, -0.05) is 36.4 Å². The average molecular weight is 366 g/mol. The van der Waals surface area contributed by atoms with Gasteiger partial charge in [0.1, 0.15) is 5.88 Å². The number of nitrogens with one attached hydrogen (secondary N) is 2. The molecule has 3 heterocycles. The maximum absolute atomic E-state index is 13.3. The molecule has 5 rings (SSSR count). The third-order valence-corrected chi connectivity index (χ3v) is 5.70. The number of hydrogen-bond acceptors (Lipinski definition) is 2. The number of para-hydroxylation sites is 2. The Balaban J connectivity index is 1.88. The highest BCUT2D eigenvalue weighted by Crippen LogP contribution is 2.49. The van der Waals surface area contributed by atoms with Gasteiger partial charge in [-0.25, -0.2) is 0 Å². The van der Waals surface area contributed by atoms with E-state index in [0.717, 1.165) is 33.4 Å². The molecule has 6 heteroatoms. The van der Waals surface area contributed by atoms with Gasteiger partial charge in [0.05, 0.1) is 5.69 Å². The summed E-state index contributed by atoms with van der Waals surface area (Å²) in [4.78, 5) is 31.1. The lowest BCUT2D eigenvalue weighted by Crippen LogP contribution is -2.58. The van der Waals surface area contributed by atoms with Gasteiger partial charge >= 0.3 is 0 Å². The molecule has 3 aromatic rings. The minimum atomic E-state index is -1.20. The summed E-state index contributed by atoms with van der Waals surface area (Å²) in [6, 6.07) is 15.5. The van der Waals surface area contributed by atoms with E-state index in [9.17, 15) is 9.59 Å². The molecule has 26 heavy (non-hydrogen) atoms. The van der Waals surface area contributed by atoms with Gasteiger partial charge < -0.3 is 15.2 Å². The van der Waals surface area contributed by atoms with E-state index in [1.54, 1.807) is 4.90 Å². The molecule has 2 aliphatic heterocycles. The van der Waals surface area contributed by atoms with Crippen LogP contribution in [0.15, 0.2) is 48.5 Å². The molecule has 0 saturated carbocycles. The zero-order valence-corrected chi connectivity index (χ0v) is 14.6. The number of benzene rings is 2. The first-order valence-corrected chi connectivity index (χ1v) is 9.09. The molecule has 1 atom stereocenters. The van der Waals surface area contributed by atoms with Crippen LogP contribution in [0.5, 0.6) is 0 Å². The lowest BCUT2D eigenvalue weighted by atomic mass is 9.80. The lowest BCUT2D eigenvalue weighted by Gasteiger charge is -2.42. The number of carbonyl (C=O) groups excluding carboxylic acids is 2. The fourth-order valence-electron chi connectivity index (χ4n) is 4.44. The van der Waals surface area contributed by atoms with Gasteiger partial charge in [0, 0.05) is 28.7 Å². The number of H-pyrrole nitrogens is 1. The summed E-state index contributed by atoms with van der Waals surface area (Å²) in [6.45, 7) is 0.447. The standard InChI is InChI=1S/C20H16ClN3O2/c21-11-17(25)24-10-9-13-12-5-1-3-7-15(12)22-18(13)20(24)14-6-2-4-8-16(14)23-19(20)26/h1-8,22H,9-11H2,(H,23,26)/t20-/m0/s1. The van der Waals surface area contributed by atoms with E-state index >= 15 is 0 Å². The normalized spacial score (nSPS) is 21.0. The average Bonchev–Trinajstić information content (AvgIpc) is 3.19. The molecule has 2 aromatic carbocycles. The largest absolute Gasteiger partial charge is 0.355 e. The van der Waals surface area contributed by atoms with Crippen LogP contribution in [0.2, 0.25) is 0 Å². The minimum absolute atomic E-state index is 0.160. The molecule has 0 aliphatic carbocycles. The summed E-state index contributed by atoms with van der Waals surface area (Å²) in [6.07, 6.45) is 0.680. The highest BCUT2D eigenvalue weighted by Gasteiger charge is 2.57. The zero-order valence-electron chi connectivity index (χ0n) is 13.9. The van der Waals surface area contributed by atoms with Crippen molar-refractivity contribution in [3.8, 4) is 0 Å². The van der Waals surface area contributed by atoms with Crippen LogP contribution in [0.1, 0.15) is 16.8 Å². The van der Waals surface area contributed by atoms with Gasteiger partial charge in [0.25, 0.3) is 5.91 Å². The molecular weight excluding hydrogens is 350 g/mol. The van der Waals surface area contributed by atoms with E-state index in [1.807, 2.05) is 42.5 Å². The SMILES string of the molecule is O=C(CCl)N1CCc2c([nH]c3ccccc23)[C@@]12C(=O)Nc1ccccc12. The molecule has 1 aromatic heterocycles. The maximum Gasteiger partial charge on any atom is 0.261 e. The summed E-state index contributed by atoms with van der Waals surface area (Å²) in [7, 11) is 0. The van der Waals surface area contributed by atoms with Gasteiger partial charge in [-0.3, -0.25) is 9.59 Å². The van der Waals surface area contributed by atoms with Crippen LogP contribution in [-0.2, 0) is 21.5 Å². The second-order valence-electron chi connectivity index (χ2n) is 6.66. The van der Waals surface area contributed by atoms with Crippen LogP contribution >= 0.6 is 11.6 Å². The Hall–Kier alpha value is -2.79. The van der Waals surface area contributed by atoms with Crippen molar-refractivity contribution < 1.29 is 9.59 Å². The number of hydrogen-bond donors (Lipinski definition) is 2. The summed E-state index contributed by atoms with van der Waals surface area (Å²) >= 11 is 5.89. The quantitative estimate of drug-likeness (QED) is 0.651. The number of nitrogens with zero attached hydrogens (tertiary/aromatic N) is 1. The van der Waals surface area contributed by atoms with E-state index in [2.05, 4.69) is 16.4 Å². The van der Waals surface area contributed by atoms with Crippen molar-refractivity contribution in [3.63, 3.8) is 0 Å². The Labute approximate surface area is 154 Å². The molecule has 130 valence electrons. The third kappa shape index (κ3) is 1.76. The summed E-state index contributed by atoms with van der Waals surface area (Å²) in [5.74, 6) is -0.625. The van der Waals surface area contributed by atoms with E-state index < -0.39 is 5.54 Å². The van der Waals surface area contributed by atoms with Crippen molar-refractivity contribution in [1.82, 2.24) is 9.88 Å². The monoisotopic (exact) mass is 365 g/mol. The fourth-order valence-corrected chi connectivity index (χ4v) is 4.58. The van der Waals surface area contributed by atoms with Crippen LogP contribution < -0.4 is 5.32 Å². The van der Waals surface area contributed by atoms with Crippen LogP contribution in [0.3, 0.4) is 0 Å². The first-order valence-electron chi connectivity index (χ1n) is 8.55. The Bertz CT molecular complexity index is 1070. The van der Waals surface area contributed by atoms with E-state index in [1.165, 1.54) is 0 Å². The molecule has 2 aliphatic rings. The molecule has 2 N–H and O–H groups in total. The predicted molar refractivity (Wildman–Crippen MR) is 100 cm³/mol.